The van der Waals surface area contributed by atoms with Gasteiger partial charge in [-0.2, -0.15) is 4.98 Å². The number of nitrogens with two attached hydrogens (primary N) is 1. The SMILES string of the molecule is Cc1cc(-c2nc(CN)no2)c(F)cc1F. The molecule has 1 aromatic heterocycles. The van der Waals surface area contributed by atoms with Crippen LogP contribution >= 0.6 is 0 Å². The smallest absolute Gasteiger partial charge is 0.260 e. The summed E-state index contributed by atoms with van der Waals surface area (Å²) in [5.74, 6) is -1.08. The van der Waals surface area contributed by atoms with Crippen LogP contribution in [0.25, 0.3) is 11.5 Å². The Labute approximate surface area is 90.1 Å². The molecule has 0 spiro atoms. The molecule has 0 radical (unpaired) electrons. The zero-order chi connectivity index (χ0) is 11.7. The van der Waals surface area contributed by atoms with E-state index < -0.39 is 11.6 Å². The molecule has 2 rings (SSSR count). The van der Waals surface area contributed by atoms with Crippen molar-refractivity contribution in [2.75, 3.05) is 0 Å². The van der Waals surface area contributed by atoms with Crippen LogP contribution in [0.4, 0.5) is 8.78 Å². The lowest BCUT2D eigenvalue weighted by Gasteiger charge is -2.00. The first kappa shape index (κ1) is 10.7. The van der Waals surface area contributed by atoms with Crippen molar-refractivity contribution in [1.82, 2.24) is 10.1 Å². The van der Waals surface area contributed by atoms with Crippen LogP contribution in [0, 0.1) is 18.6 Å². The lowest BCUT2D eigenvalue weighted by atomic mass is 10.1. The summed E-state index contributed by atoms with van der Waals surface area (Å²) in [6, 6.07) is 2.11. The minimum absolute atomic E-state index is 0.000972. The Kier molecular flexibility index (Phi) is 2.66. The highest BCUT2D eigenvalue weighted by Gasteiger charge is 2.15. The van der Waals surface area contributed by atoms with Crippen molar-refractivity contribution >= 4 is 0 Å². The van der Waals surface area contributed by atoms with Gasteiger partial charge in [-0.15, -0.1) is 0 Å². The van der Waals surface area contributed by atoms with Crippen molar-refractivity contribution in [3.63, 3.8) is 0 Å². The highest BCUT2D eigenvalue weighted by molar-refractivity contribution is 5.55. The van der Waals surface area contributed by atoms with Gasteiger partial charge in [0, 0.05) is 6.07 Å². The maximum atomic E-state index is 13.4. The summed E-state index contributed by atoms with van der Waals surface area (Å²) in [7, 11) is 0. The lowest BCUT2D eigenvalue weighted by molar-refractivity contribution is 0.420. The molecular formula is C10H9F2N3O. The molecule has 0 aliphatic rings. The summed E-state index contributed by atoms with van der Waals surface area (Å²) in [6.45, 7) is 1.63. The van der Waals surface area contributed by atoms with E-state index in [2.05, 4.69) is 10.1 Å². The van der Waals surface area contributed by atoms with Gasteiger partial charge in [0.1, 0.15) is 11.6 Å². The second kappa shape index (κ2) is 3.97. The molecule has 2 N–H and O–H groups in total. The predicted molar refractivity (Wildman–Crippen MR) is 52.3 cm³/mol. The zero-order valence-electron chi connectivity index (χ0n) is 8.50. The van der Waals surface area contributed by atoms with Crippen LogP contribution < -0.4 is 5.73 Å². The number of aromatic nitrogens is 2. The van der Waals surface area contributed by atoms with Gasteiger partial charge in [0.05, 0.1) is 12.1 Å². The lowest BCUT2D eigenvalue weighted by Crippen LogP contribution is -1.98. The number of hydrogen-bond acceptors (Lipinski definition) is 4. The van der Waals surface area contributed by atoms with E-state index in [-0.39, 0.29) is 23.8 Å². The van der Waals surface area contributed by atoms with Crippen LogP contribution in [0.5, 0.6) is 0 Å². The van der Waals surface area contributed by atoms with Crippen molar-refractivity contribution < 1.29 is 13.3 Å². The van der Waals surface area contributed by atoms with Gasteiger partial charge < -0.3 is 10.3 Å². The van der Waals surface area contributed by atoms with E-state index in [1.54, 1.807) is 0 Å². The minimum Gasteiger partial charge on any atom is -0.334 e. The van der Waals surface area contributed by atoms with Gasteiger partial charge in [-0.1, -0.05) is 5.16 Å². The summed E-state index contributed by atoms with van der Waals surface area (Å²) in [4.78, 5) is 3.87. The maximum absolute atomic E-state index is 13.4. The average Bonchev–Trinajstić information content (AvgIpc) is 2.71. The fourth-order valence-corrected chi connectivity index (χ4v) is 1.27. The normalized spacial score (nSPS) is 10.8. The Hall–Kier alpha value is -1.82. The van der Waals surface area contributed by atoms with E-state index in [1.807, 2.05) is 0 Å². The molecule has 6 heteroatoms. The molecule has 0 bridgehead atoms. The van der Waals surface area contributed by atoms with E-state index in [0.29, 0.717) is 5.56 Å². The Morgan fingerprint density at radius 1 is 1.31 bits per heavy atom. The van der Waals surface area contributed by atoms with Gasteiger partial charge in [0.2, 0.25) is 0 Å². The van der Waals surface area contributed by atoms with Crippen LogP contribution in [0.1, 0.15) is 11.4 Å². The number of aryl methyl sites for hydroxylation is 1. The van der Waals surface area contributed by atoms with Gasteiger partial charge in [-0.25, -0.2) is 8.78 Å². The van der Waals surface area contributed by atoms with E-state index in [1.165, 1.54) is 13.0 Å². The van der Waals surface area contributed by atoms with Crippen LogP contribution in [0.3, 0.4) is 0 Å². The first-order valence-corrected chi connectivity index (χ1v) is 4.60. The molecule has 0 saturated heterocycles. The Bertz CT molecular complexity index is 525. The molecule has 0 aliphatic carbocycles. The van der Waals surface area contributed by atoms with Crippen LogP contribution in [-0.2, 0) is 6.54 Å². The van der Waals surface area contributed by atoms with Crippen molar-refractivity contribution in [1.29, 1.82) is 0 Å². The summed E-state index contributed by atoms with van der Waals surface area (Å²) >= 11 is 0. The van der Waals surface area contributed by atoms with E-state index in [9.17, 15) is 8.78 Å². The van der Waals surface area contributed by atoms with Crippen molar-refractivity contribution in [3.8, 4) is 11.5 Å². The van der Waals surface area contributed by atoms with Gasteiger partial charge in [0.25, 0.3) is 5.89 Å². The van der Waals surface area contributed by atoms with Crippen molar-refractivity contribution in [2.45, 2.75) is 13.5 Å². The van der Waals surface area contributed by atoms with Crippen LogP contribution in [0.2, 0.25) is 0 Å². The zero-order valence-corrected chi connectivity index (χ0v) is 8.50. The Balaban J connectivity index is 2.51. The quantitative estimate of drug-likeness (QED) is 0.846. The number of benzene rings is 1. The number of hydrogen-bond donors (Lipinski definition) is 1. The molecule has 0 aliphatic heterocycles. The van der Waals surface area contributed by atoms with E-state index in [0.717, 1.165) is 6.07 Å². The van der Waals surface area contributed by atoms with Crippen LogP contribution in [0.15, 0.2) is 16.7 Å². The summed E-state index contributed by atoms with van der Waals surface area (Å²) in [6.07, 6.45) is 0. The molecule has 16 heavy (non-hydrogen) atoms. The Morgan fingerprint density at radius 3 is 2.69 bits per heavy atom. The second-order valence-electron chi connectivity index (χ2n) is 3.30. The third-order valence-electron chi connectivity index (χ3n) is 2.13. The molecule has 0 saturated carbocycles. The standard InChI is InChI=1S/C10H9F2N3O/c1-5-2-6(8(12)3-7(5)11)10-14-9(4-13)15-16-10/h2-3H,4,13H2,1H3. The van der Waals surface area contributed by atoms with Gasteiger partial charge in [0.15, 0.2) is 5.82 Å². The number of halogens is 2. The monoisotopic (exact) mass is 225 g/mol. The van der Waals surface area contributed by atoms with Crippen LogP contribution in [-0.4, -0.2) is 10.1 Å². The molecule has 0 atom stereocenters. The third-order valence-corrected chi connectivity index (χ3v) is 2.13. The predicted octanol–water partition coefficient (Wildman–Crippen LogP) is 1.78. The summed E-state index contributed by atoms with van der Waals surface area (Å²) in [5.41, 5.74) is 5.68. The van der Waals surface area contributed by atoms with Crippen molar-refractivity contribution in [3.05, 3.63) is 35.2 Å². The number of rotatable bonds is 2. The van der Waals surface area contributed by atoms with E-state index >= 15 is 0 Å². The molecular weight excluding hydrogens is 216 g/mol. The summed E-state index contributed by atoms with van der Waals surface area (Å²) in [5, 5.41) is 3.53. The van der Waals surface area contributed by atoms with E-state index in [4.69, 9.17) is 10.3 Å². The van der Waals surface area contributed by atoms with Gasteiger partial charge >= 0.3 is 0 Å². The fourth-order valence-electron chi connectivity index (χ4n) is 1.27. The molecule has 0 fully saturated rings. The topological polar surface area (TPSA) is 64.9 Å². The Morgan fingerprint density at radius 2 is 2.06 bits per heavy atom. The van der Waals surface area contributed by atoms with Gasteiger partial charge in [-0.3, -0.25) is 0 Å². The highest BCUT2D eigenvalue weighted by Crippen LogP contribution is 2.23. The maximum Gasteiger partial charge on any atom is 0.260 e. The molecule has 0 amide bonds. The second-order valence-corrected chi connectivity index (χ2v) is 3.30. The average molecular weight is 225 g/mol. The highest BCUT2D eigenvalue weighted by atomic mass is 19.1. The van der Waals surface area contributed by atoms with Gasteiger partial charge in [-0.05, 0) is 18.6 Å². The molecule has 84 valence electrons. The molecule has 1 aromatic carbocycles. The molecule has 2 aromatic rings. The molecule has 0 unspecified atom stereocenters. The molecule has 4 nitrogen and oxygen atoms in total. The molecule has 1 heterocycles. The third kappa shape index (κ3) is 1.79. The minimum atomic E-state index is -0.740. The summed E-state index contributed by atoms with van der Waals surface area (Å²) < 4.78 is 31.3. The van der Waals surface area contributed by atoms with Crippen molar-refractivity contribution in [2.24, 2.45) is 5.73 Å². The first-order chi connectivity index (χ1) is 7.61. The first-order valence-electron chi connectivity index (χ1n) is 4.60. The largest absolute Gasteiger partial charge is 0.334 e. The number of nitrogens with zero attached hydrogens (tertiary/aromatic N) is 2. The fraction of sp³-hybridized carbons (Fsp3) is 0.200.